The van der Waals surface area contributed by atoms with Crippen LogP contribution in [0, 0.1) is 19.8 Å². The quantitative estimate of drug-likeness (QED) is 0.860. The molecule has 0 amide bonds. The average Bonchev–Trinajstić information content (AvgIpc) is 3.00. The second kappa shape index (κ2) is 6.55. The van der Waals surface area contributed by atoms with Crippen LogP contribution in [0.25, 0.3) is 0 Å². The van der Waals surface area contributed by atoms with Crippen LogP contribution in [0.2, 0.25) is 0 Å². The minimum absolute atomic E-state index is 0.0814. The van der Waals surface area contributed by atoms with Gasteiger partial charge in [-0.2, -0.15) is 0 Å². The summed E-state index contributed by atoms with van der Waals surface area (Å²) >= 11 is 5.68. The summed E-state index contributed by atoms with van der Waals surface area (Å²) in [6, 6.07) is 8.62. The van der Waals surface area contributed by atoms with Crippen LogP contribution >= 0.6 is 12.2 Å². The van der Waals surface area contributed by atoms with Gasteiger partial charge in [0.25, 0.3) is 0 Å². The van der Waals surface area contributed by atoms with E-state index in [1.165, 1.54) is 17.0 Å². The Hall–Kier alpha value is -1.88. The molecule has 0 aromatic carbocycles. The van der Waals surface area contributed by atoms with Crippen molar-refractivity contribution < 1.29 is 0 Å². The van der Waals surface area contributed by atoms with E-state index < -0.39 is 0 Å². The number of aromatic nitrogens is 2. The highest BCUT2D eigenvalue weighted by Gasteiger charge is 2.41. The molecule has 2 unspecified atom stereocenters. The molecule has 3 rings (SSSR count). The first kappa shape index (κ1) is 17.0. The monoisotopic (exact) mass is 342 g/mol. The molecule has 0 bridgehead atoms. The van der Waals surface area contributed by atoms with E-state index >= 15 is 0 Å². The molecule has 0 aliphatic carbocycles. The van der Waals surface area contributed by atoms with Crippen molar-refractivity contribution in [2.45, 2.75) is 39.8 Å². The average molecular weight is 343 g/mol. The Morgan fingerprint density at radius 3 is 2.58 bits per heavy atom. The Kier molecular flexibility index (Phi) is 4.63. The Bertz CT molecular complexity index is 735. The topological polar surface area (TPSA) is 33.1 Å². The molecule has 2 aromatic heterocycles. The lowest BCUT2D eigenvalue weighted by atomic mass is 9.96. The number of pyridine rings is 1. The first-order valence-electron chi connectivity index (χ1n) is 8.51. The SMILES string of the molecule is Cc1cc(C2C(c3ccccn3)NC(=S)N2CC(C)C)c(C)n1C. The molecule has 0 radical (unpaired) electrons. The van der Waals surface area contributed by atoms with Gasteiger partial charge in [0.15, 0.2) is 5.11 Å². The van der Waals surface area contributed by atoms with Gasteiger partial charge < -0.3 is 14.8 Å². The molecule has 1 aliphatic heterocycles. The van der Waals surface area contributed by atoms with Gasteiger partial charge in [-0.15, -0.1) is 0 Å². The van der Waals surface area contributed by atoms with Gasteiger partial charge in [0, 0.05) is 31.2 Å². The molecule has 4 nitrogen and oxygen atoms in total. The fourth-order valence-corrected chi connectivity index (χ4v) is 3.83. The Balaban J connectivity index is 2.09. The lowest BCUT2D eigenvalue weighted by Crippen LogP contribution is -2.33. The Morgan fingerprint density at radius 1 is 1.29 bits per heavy atom. The predicted molar refractivity (Wildman–Crippen MR) is 102 cm³/mol. The third-order valence-electron chi connectivity index (χ3n) is 4.89. The van der Waals surface area contributed by atoms with Crippen LogP contribution in [0.15, 0.2) is 30.5 Å². The van der Waals surface area contributed by atoms with Gasteiger partial charge in [-0.25, -0.2) is 0 Å². The largest absolute Gasteiger partial charge is 0.352 e. The number of nitrogens with zero attached hydrogens (tertiary/aromatic N) is 3. The van der Waals surface area contributed by atoms with Crippen LogP contribution in [0.1, 0.15) is 48.6 Å². The zero-order chi connectivity index (χ0) is 17.4. The Labute approximate surface area is 149 Å². The summed E-state index contributed by atoms with van der Waals surface area (Å²) in [5, 5.41) is 4.34. The maximum absolute atomic E-state index is 5.68. The number of hydrogen-bond donors (Lipinski definition) is 1. The summed E-state index contributed by atoms with van der Waals surface area (Å²) in [6.07, 6.45) is 1.85. The van der Waals surface area contributed by atoms with E-state index in [4.69, 9.17) is 12.2 Å². The molecule has 1 aliphatic rings. The molecule has 128 valence electrons. The number of rotatable bonds is 4. The lowest BCUT2D eigenvalue weighted by Gasteiger charge is -2.29. The summed E-state index contributed by atoms with van der Waals surface area (Å²) < 4.78 is 2.25. The van der Waals surface area contributed by atoms with Crippen LogP contribution in [0.3, 0.4) is 0 Å². The van der Waals surface area contributed by atoms with Gasteiger partial charge in [-0.3, -0.25) is 4.98 Å². The maximum Gasteiger partial charge on any atom is 0.170 e. The molecule has 1 N–H and O–H groups in total. The summed E-state index contributed by atoms with van der Waals surface area (Å²) in [4.78, 5) is 6.92. The van der Waals surface area contributed by atoms with Crippen molar-refractivity contribution in [1.29, 1.82) is 0 Å². The summed E-state index contributed by atoms with van der Waals surface area (Å²) in [7, 11) is 2.12. The molecule has 0 spiro atoms. The zero-order valence-electron chi connectivity index (χ0n) is 15.1. The molecule has 2 atom stereocenters. The van der Waals surface area contributed by atoms with Crippen molar-refractivity contribution in [3.05, 3.63) is 53.1 Å². The van der Waals surface area contributed by atoms with E-state index in [0.29, 0.717) is 5.92 Å². The van der Waals surface area contributed by atoms with Crippen molar-refractivity contribution in [1.82, 2.24) is 19.8 Å². The predicted octanol–water partition coefficient (Wildman–Crippen LogP) is 3.67. The molecule has 0 saturated carbocycles. The van der Waals surface area contributed by atoms with Crippen LogP contribution < -0.4 is 5.32 Å². The van der Waals surface area contributed by atoms with Gasteiger partial charge in [0.2, 0.25) is 0 Å². The Morgan fingerprint density at radius 2 is 2.04 bits per heavy atom. The van der Waals surface area contributed by atoms with E-state index in [0.717, 1.165) is 17.4 Å². The third kappa shape index (κ3) is 2.93. The molecule has 24 heavy (non-hydrogen) atoms. The van der Waals surface area contributed by atoms with Crippen molar-refractivity contribution in [3.8, 4) is 0 Å². The van der Waals surface area contributed by atoms with Crippen LogP contribution in [0.4, 0.5) is 0 Å². The second-order valence-corrected chi connectivity index (χ2v) is 7.44. The fourth-order valence-electron chi connectivity index (χ4n) is 3.52. The first-order chi connectivity index (χ1) is 11.4. The summed E-state index contributed by atoms with van der Waals surface area (Å²) in [5.74, 6) is 0.542. The normalized spacial score (nSPS) is 20.8. The lowest BCUT2D eigenvalue weighted by molar-refractivity contribution is 0.287. The maximum atomic E-state index is 5.68. The second-order valence-electron chi connectivity index (χ2n) is 7.06. The smallest absolute Gasteiger partial charge is 0.170 e. The molecule has 5 heteroatoms. The number of aryl methyl sites for hydroxylation is 1. The molecular formula is C19H26N4S. The van der Waals surface area contributed by atoms with Crippen molar-refractivity contribution in [3.63, 3.8) is 0 Å². The zero-order valence-corrected chi connectivity index (χ0v) is 15.9. The highest BCUT2D eigenvalue weighted by atomic mass is 32.1. The van der Waals surface area contributed by atoms with Gasteiger partial charge >= 0.3 is 0 Å². The van der Waals surface area contributed by atoms with Crippen molar-refractivity contribution in [2.75, 3.05) is 6.54 Å². The molecule has 2 aromatic rings. The minimum Gasteiger partial charge on any atom is -0.352 e. The van der Waals surface area contributed by atoms with Crippen LogP contribution in [-0.4, -0.2) is 26.1 Å². The number of thiocarbonyl (C=S) groups is 1. The van der Waals surface area contributed by atoms with Gasteiger partial charge in [-0.1, -0.05) is 19.9 Å². The van der Waals surface area contributed by atoms with Crippen molar-refractivity contribution >= 4 is 17.3 Å². The van der Waals surface area contributed by atoms with E-state index in [1.807, 2.05) is 18.3 Å². The van der Waals surface area contributed by atoms with Crippen molar-refractivity contribution in [2.24, 2.45) is 13.0 Å². The third-order valence-corrected chi connectivity index (χ3v) is 5.24. The molecule has 1 saturated heterocycles. The summed E-state index contributed by atoms with van der Waals surface area (Å²) in [5.41, 5.74) is 4.93. The fraction of sp³-hybridized carbons (Fsp3) is 0.474. The van der Waals surface area contributed by atoms with Crippen LogP contribution in [-0.2, 0) is 7.05 Å². The first-order valence-corrected chi connectivity index (χ1v) is 8.91. The highest BCUT2D eigenvalue weighted by Crippen LogP contribution is 2.40. The van der Waals surface area contributed by atoms with E-state index in [2.05, 4.69) is 66.6 Å². The number of hydrogen-bond acceptors (Lipinski definition) is 2. The van der Waals surface area contributed by atoms with E-state index in [9.17, 15) is 0 Å². The van der Waals surface area contributed by atoms with E-state index in [1.54, 1.807) is 0 Å². The van der Waals surface area contributed by atoms with Gasteiger partial charge in [0.1, 0.15) is 0 Å². The highest BCUT2D eigenvalue weighted by molar-refractivity contribution is 7.80. The van der Waals surface area contributed by atoms with Gasteiger partial charge in [0.05, 0.1) is 17.8 Å². The summed E-state index contributed by atoms with van der Waals surface area (Å²) in [6.45, 7) is 9.74. The molecular weight excluding hydrogens is 316 g/mol. The molecule has 3 heterocycles. The standard InChI is InChI=1S/C19H26N4S/c1-12(2)11-23-18(15-10-13(3)22(5)14(15)4)17(21-19(23)24)16-8-6-7-9-20-16/h6-10,12,17-18H,11H2,1-5H3,(H,21,24). The van der Waals surface area contributed by atoms with E-state index in [-0.39, 0.29) is 12.1 Å². The van der Waals surface area contributed by atoms with Crippen LogP contribution in [0.5, 0.6) is 0 Å². The molecule has 1 fully saturated rings. The minimum atomic E-state index is 0.0814. The number of nitrogens with one attached hydrogen (secondary N) is 1. The van der Waals surface area contributed by atoms with Gasteiger partial charge in [-0.05, 0) is 55.7 Å².